The Kier molecular flexibility index (Phi) is 3.17. The maximum atomic E-state index is 11.1. The maximum Gasteiger partial charge on any atom is 0.267 e. The number of anilines is 2. The Morgan fingerprint density at radius 1 is 1.30 bits per heavy atom. The van der Waals surface area contributed by atoms with E-state index in [2.05, 4.69) is 20.4 Å². The molecule has 1 aromatic carbocycles. The van der Waals surface area contributed by atoms with E-state index in [9.17, 15) is 4.21 Å². The highest BCUT2D eigenvalue weighted by Crippen LogP contribution is 2.19. The largest absolute Gasteiger partial charge is 0.337 e. The third kappa shape index (κ3) is 2.38. The molecule has 0 aliphatic carbocycles. The Bertz CT molecular complexity index is 784. The van der Waals surface area contributed by atoms with Crippen LogP contribution in [0.4, 0.5) is 11.5 Å². The van der Waals surface area contributed by atoms with Crippen molar-refractivity contribution in [2.75, 3.05) is 5.32 Å². The van der Waals surface area contributed by atoms with Crippen molar-refractivity contribution in [3.8, 4) is 0 Å². The summed E-state index contributed by atoms with van der Waals surface area (Å²) >= 11 is -2.25. The summed E-state index contributed by atoms with van der Waals surface area (Å²) in [6.45, 7) is 1.99. The molecule has 0 saturated carbocycles. The van der Waals surface area contributed by atoms with Gasteiger partial charge in [0, 0.05) is 18.1 Å². The van der Waals surface area contributed by atoms with Crippen LogP contribution in [0.3, 0.4) is 0 Å². The molecule has 2 heterocycles. The molecule has 1 atom stereocenters. The molecule has 2 N–H and O–H groups in total. The molecule has 0 saturated heterocycles. The van der Waals surface area contributed by atoms with Gasteiger partial charge in [-0.05, 0) is 19.1 Å². The molecule has 3 rings (SSSR count). The predicted octanol–water partition coefficient (Wildman–Crippen LogP) is 1.76. The van der Waals surface area contributed by atoms with Gasteiger partial charge >= 0.3 is 0 Å². The minimum Gasteiger partial charge on any atom is -0.337 e. The summed E-state index contributed by atoms with van der Waals surface area (Å²) in [6, 6.07) is 7.70. The molecule has 102 valence electrons. The normalized spacial score (nSPS) is 12.5. The average Bonchev–Trinajstić information content (AvgIpc) is 2.89. The molecule has 0 radical (unpaired) electrons. The van der Waals surface area contributed by atoms with Gasteiger partial charge in [-0.3, -0.25) is 4.55 Å². The van der Waals surface area contributed by atoms with Crippen LogP contribution in [0.25, 0.3) is 5.65 Å². The minimum atomic E-state index is -2.25. The second kappa shape index (κ2) is 4.99. The summed E-state index contributed by atoms with van der Waals surface area (Å²) in [6.07, 6.45) is 3.14. The molecule has 3 aromatic rings. The van der Waals surface area contributed by atoms with Crippen molar-refractivity contribution in [2.24, 2.45) is 0 Å². The fourth-order valence-corrected chi connectivity index (χ4v) is 2.07. The lowest BCUT2D eigenvalue weighted by Gasteiger charge is -2.07. The molecule has 0 fully saturated rings. The van der Waals surface area contributed by atoms with Gasteiger partial charge in [0.15, 0.2) is 11.5 Å². The molecule has 2 aromatic heterocycles. The number of hydrogen-bond acceptors (Lipinski definition) is 5. The molecule has 0 aliphatic heterocycles. The summed E-state index contributed by atoms with van der Waals surface area (Å²) in [5, 5.41) is 6.80. The average molecular weight is 289 g/mol. The van der Waals surface area contributed by atoms with Crippen molar-refractivity contribution >= 4 is 28.2 Å². The van der Waals surface area contributed by atoms with Crippen LogP contribution in [0.5, 0.6) is 0 Å². The third-order valence-corrected chi connectivity index (χ3v) is 3.19. The van der Waals surface area contributed by atoms with E-state index in [1.807, 2.05) is 31.2 Å². The molecule has 1 unspecified atom stereocenters. The zero-order valence-corrected chi connectivity index (χ0v) is 11.3. The zero-order chi connectivity index (χ0) is 14.1. The lowest BCUT2D eigenvalue weighted by molar-refractivity contribution is 0.550. The molecule has 20 heavy (non-hydrogen) atoms. The van der Waals surface area contributed by atoms with Gasteiger partial charge in [-0.25, -0.2) is 13.7 Å². The van der Waals surface area contributed by atoms with Crippen molar-refractivity contribution in [2.45, 2.75) is 12.1 Å². The van der Waals surface area contributed by atoms with E-state index in [1.54, 1.807) is 12.4 Å². The van der Waals surface area contributed by atoms with Gasteiger partial charge in [-0.2, -0.15) is 4.98 Å². The molecule has 0 bridgehead atoms. The van der Waals surface area contributed by atoms with E-state index in [-0.39, 0.29) is 5.16 Å². The topological polar surface area (TPSA) is 92.4 Å². The molecule has 8 heteroatoms. The number of benzene rings is 1. The number of fused-ring (bicyclic) bond motifs is 1. The van der Waals surface area contributed by atoms with Gasteiger partial charge in [0.05, 0.1) is 0 Å². The summed E-state index contributed by atoms with van der Waals surface area (Å²) in [5.74, 6) is 0.381. The second-order valence-corrected chi connectivity index (χ2v) is 5.04. The fraction of sp³-hybridized carbons (Fsp3) is 0.0833. The first kappa shape index (κ1) is 12.7. The highest BCUT2D eigenvalue weighted by Gasteiger charge is 2.12. The second-order valence-electron chi connectivity index (χ2n) is 4.18. The number of nitrogens with one attached hydrogen (secondary N) is 1. The van der Waals surface area contributed by atoms with E-state index in [0.29, 0.717) is 11.5 Å². The first-order valence-corrected chi connectivity index (χ1v) is 6.90. The van der Waals surface area contributed by atoms with E-state index >= 15 is 0 Å². The van der Waals surface area contributed by atoms with Crippen LogP contribution in [-0.2, 0) is 11.1 Å². The Morgan fingerprint density at radius 3 is 2.75 bits per heavy atom. The number of aromatic nitrogens is 4. The predicted molar refractivity (Wildman–Crippen MR) is 74.3 cm³/mol. The number of aryl methyl sites for hydroxylation is 1. The summed E-state index contributed by atoms with van der Waals surface area (Å²) < 4.78 is 21.7. The number of hydrogen-bond donors (Lipinski definition) is 2. The molecule has 0 amide bonds. The SMILES string of the molecule is Cc1ccc(Nc2nc(S(=O)O)nn3ccnc23)cc1. The Hall–Kier alpha value is -2.32. The van der Waals surface area contributed by atoms with Crippen molar-refractivity contribution in [3.05, 3.63) is 42.2 Å². The fourth-order valence-electron chi connectivity index (χ4n) is 1.74. The van der Waals surface area contributed by atoms with Crippen LogP contribution in [0.2, 0.25) is 0 Å². The van der Waals surface area contributed by atoms with Crippen LogP contribution in [0, 0.1) is 6.92 Å². The van der Waals surface area contributed by atoms with E-state index in [1.165, 1.54) is 4.52 Å². The summed E-state index contributed by atoms with van der Waals surface area (Å²) in [5.41, 5.74) is 2.44. The van der Waals surface area contributed by atoms with E-state index in [4.69, 9.17) is 4.55 Å². The highest BCUT2D eigenvalue weighted by molar-refractivity contribution is 7.79. The van der Waals surface area contributed by atoms with Gasteiger partial charge in [0.1, 0.15) is 0 Å². The van der Waals surface area contributed by atoms with Gasteiger partial charge in [0.25, 0.3) is 5.16 Å². The minimum absolute atomic E-state index is 0.176. The quantitative estimate of drug-likeness (QED) is 0.714. The zero-order valence-electron chi connectivity index (χ0n) is 10.5. The third-order valence-electron chi connectivity index (χ3n) is 2.70. The molecular weight excluding hydrogens is 278 g/mol. The Balaban J connectivity index is 2.07. The van der Waals surface area contributed by atoms with Crippen LogP contribution in [0.1, 0.15) is 5.56 Å². The first-order chi connectivity index (χ1) is 9.63. The molecule has 7 nitrogen and oxygen atoms in total. The van der Waals surface area contributed by atoms with Crippen LogP contribution >= 0.6 is 0 Å². The van der Waals surface area contributed by atoms with Crippen molar-refractivity contribution < 1.29 is 8.76 Å². The number of nitrogens with zero attached hydrogens (tertiary/aromatic N) is 4. The van der Waals surface area contributed by atoms with E-state index in [0.717, 1.165) is 11.3 Å². The molecule has 0 spiro atoms. The number of imidazole rings is 1. The number of rotatable bonds is 3. The monoisotopic (exact) mass is 289 g/mol. The van der Waals surface area contributed by atoms with Gasteiger partial charge in [0.2, 0.25) is 11.1 Å². The van der Waals surface area contributed by atoms with Crippen molar-refractivity contribution in [1.82, 2.24) is 19.6 Å². The summed E-state index contributed by atoms with van der Waals surface area (Å²) in [7, 11) is 0. The lowest BCUT2D eigenvalue weighted by atomic mass is 10.2. The molecule has 0 aliphatic rings. The maximum absolute atomic E-state index is 11.1. The van der Waals surface area contributed by atoms with Crippen LogP contribution < -0.4 is 5.32 Å². The smallest absolute Gasteiger partial charge is 0.267 e. The Labute approximate surface area is 117 Å². The van der Waals surface area contributed by atoms with Crippen molar-refractivity contribution in [1.29, 1.82) is 0 Å². The lowest BCUT2D eigenvalue weighted by Crippen LogP contribution is -2.07. The van der Waals surface area contributed by atoms with Gasteiger partial charge in [-0.15, -0.1) is 5.10 Å². The summed E-state index contributed by atoms with van der Waals surface area (Å²) in [4.78, 5) is 8.16. The van der Waals surface area contributed by atoms with Crippen LogP contribution in [-0.4, -0.2) is 28.3 Å². The van der Waals surface area contributed by atoms with Gasteiger partial charge < -0.3 is 5.32 Å². The van der Waals surface area contributed by atoms with Crippen LogP contribution in [0.15, 0.2) is 41.8 Å². The highest BCUT2D eigenvalue weighted by atomic mass is 32.2. The van der Waals surface area contributed by atoms with Crippen molar-refractivity contribution in [3.63, 3.8) is 0 Å². The standard InChI is InChI=1S/C12H11N5O2S/c1-8-2-4-9(5-3-8)14-10-11-13-6-7-17(11)16-12(15-10)20(18)19/h2-7H,1H3,(H,18,19)(H,14,15,16). The molecular formula is C12H11N5O2S. The van der Waals surface area contributed by atoms with E-state index < -0.39 is 11.1 Å². The van der Waals surface area contributed by atoms with Gasteiger partial charge in [-0.1, -0.05) is 17.7 Å². The Morgan fingerprint density at radius 2 is 2.05 bits per heavy atom. The first-order valence-electron chi connectivity index (χ1n) is 5.79.